The van der Waals surface area contributed by atoms with Gasteiger partial charge >= 0.3 is 17.5 Å². The Kier molecular flexibility index (Phi) is 4.88. The van der Waals surface area contributed by atoms with E-state index in [2.05, 4.69) is 10.6 Å². The fourth-order valence-electron chi connectivity index (χ4n) is 2.82. The number of fused-ring (bicyclic) bond motifs is 1. The monoisotopic (exact) mass is 352 g/mol. The summed E-state index contributed by atoms with van der Waals surface area (Å²) < 4.78 is 3.02. The predicted molar refractivity (Wildman–Crippen MR) is 99.9 cm³/mol. The van der Waals surface area contributed by atoms with Gasteiger partial charge in [0.15, 0.2) is 0 Å². The van der Waals surface area contributed by atoms with E-state index in [1.165, 1.54) is 9.13 Å². The number of carbonyl (C=O) groups is 2. The second-order valence-electron chi connectivity index (χ2n) is 6.05. The summed E-state index contributed by atoms with van der Waals surface area (Å²) in [6.45, 7) is 0.377. The van der Waals surface area contributed by atoms with E-state index < -0.39 is 11.8 Å². The van der Waals surface area contributed by atoms with Crippen LogP contribution in [-0.2, 0) is 30.1 Å². The molecule has 2 aromatic carbocycles. The molecule has 0 radical (unpaired) electrons. The molecule has 0 atom stereocenters. The number of benzene rings is 2. The first-order chi connectivity index (χ1) is 12.5. The summed E-state index contributed by atoms with van der Waals surface area (Å²) in [6, 6.07) is 14.8. The van der Waals surface area contributed by atoms with Crippen LogP contribution in [0, 0.1) is 0 Å². The molecule has 0 spiro atoms. The van der Waals surface area contributed by atoms with Gasteiger partial charge in [0.25, 0.3) is 0 Å². The normalized spacial score (nSPS) is 10.7. The van der Waals surface area contributed by atoms with E-state index in [1.807, 2.05) is 30.3 Å². The van der Waals surface area contributed by atoms with Crippen LogP contribution in [0.15, 0.2) is 53.3 Å². The zero-order valence-electron chi connectivity index (χ0n) is 14.7. The van der Waals surface area contributed by atoms with Crippen molar-refractivity contribution in [2.45, 2.75) is 6.42 Å². The fraction of sp³-hybridized carbons (Fsp3) is 0.211. The summed E-state index contributed by atoms with van der Waals surface area (Å²) in [4.78, 5) is 35.9. The molecule has 1 heterocycles. The molecule has 134 valence electrons. The number of hydrogen-bond acceptors (Lipinski definition) is 3. The number of hydrogen-bond donors (Lipinski definition) is 2. The topological polar surface area (TPSA) is 85.1 Å². The largest absolute Gasteiger partial charge is 0.347 e. The highest BCUT2D eigenvalue weighted by molar-refractivity contribution is 6.39. The fourth-order valence-corrected chi connectivity index (χ4v) is 2.82. The second-order valence-corrected chi connectivity index (χ2v) is 6.05. The van der Waals surface area contributed by atoms with Crippen molar-refractivity contribution in [3.05, 3.63) is 64.6 Å². The number of nitrogens with one attached hydrogen (secondary N) is 2. The van der Waals surface area contributed by atoms with Crippen molar-refractivity contribution in [2.75, 3.05) is 11.9 Å². The predicted octanol–water partition coefficient (Wildman–Crippen LogP) is 1.17. The number of aryl methyl sites for hydroxylation is 2. The lowest BCUT2D eigenvalue weighted by Crippen LogP contribution is -2.36. The molecule has 3 aromatic rings. The Morgan fingerprint density at radius 2 is 1.62 bits per heavy atom. The van der Waals surface area contributed by atoms with E-state index in [1.54, 1.807) is 32.3 Å². The van der Waals surface area contributed by atoms with Gasteiger partial charge in [0.1, 0.15) is 0 Å². The smallest absolute Gasteiger partial charge is 0.328 e. The Bertz CT molecular complexity index is 1020. The molecular weight excluding hydrogens is 332 g/mol. The van der Waals surface area contributed by atoms with Gasteiger partial charge in [0.05, 0.1) is 11.0 Å². The van der Waals surface area contributed by atoms with Crippen LogP contribution >= 0.6 is 0 Å². The first-order valence-corrected chi connectivity index (χ1v) is 8.26. The Hall–Kier alpha value is -3.35. The van der Waals surface area contributed by atoms with Gasteiger partial charge in [-0.25, -0.2) is 4.79 Å². The van der Waals surface area contributed by atoms with Gasteiger partial charge in [0, 0.05) is 26.3 Å². The van der Waals surface area contributed by atoms with Crippen LogP contribution in [0.2, 0.25) is 0 Å². The minimum Gasteiger partial charge on any atom is -0.347 e. The van der Waals surface area contributed by atoms with Gasteiger partial charge in [-0.05, 0) is 30.2 Å². The Labute approximate surface area is 150 Å². The number of nitrogens with zero attached hydrogens (tertiary/aromatic N) is 2. The molecule has 0 bridgehead atoms. The molecule has 0 unspecified atom stereocenters. The second kappa shape index (κ2) is 7.26. The van der Waals surface area contributed by atoms with E-state index in [0.717, 1.165) is 11.1 Å². The third-order valence-corrected chi connectivity index (χ3v) is 4.28. The number of rotatable bonds is 4. The highest BCUT2D eigenvalue weighted by atomic mass is 16.2. The number of imidazole rings is 1. The first-order valence-electron chi connectivity index (χ1n) is 8.26. The van der Waals surface area contributed by atoms with Gasteiger partial charge in [0.2, 0.25) is 0 Å². The van der Waals surface area contributed by atoms with Crippen molar-refractivity contribution < 1.29 is 9.59 Å². The molecule has 1 aromatic heterocycles. The molecular formula is C19H20N4O3. The van der Waals surface area contributed by atoms with Crippen LogP contribution in [0.4, 0.5) is 5.69 Å². The first kappa shape index (κ1) is 17.5. The minimum absolute atomic E-state index is 0.151. The highest BCUT2D eigenvalue weighted by Gasteiger charge is 2.14. The van der Waals surface area contributed by atoms with Crippen LogP contribution in [0.1, 0.15) is 5.56 Å². The van der Waals surface area contributed by atoms with E-state index >= 15 is 0 Å². The lowest BCUT2D eigenvalue weighted by atomic mass is 10.1. The lowest BCUT2D eigenvalue weighted by Gasteiger charge is -2.07. The Morgan fingerprint density at radius 3 is 2.35 bits per heavy atom. The lowest BCUT2D eigenvalue weighted by molar-refractivity contribution is -0.136. The molecule has 2 N–H and O–H groups in total. The molecule has 0 saturated carbocycles. The third-order valence-electron chi connectivity index (χ3n) is 4.28. The molecule has 0 aliphatic carbocycles. The maximum atomic E-state index is 12.1. The average Bonchev–Trinajstić information content (AvgIpc) is 2.86. The Morgan fingerprint density at radius 1 is 0.923 bits per heavy atom. The van der Waals surface area contributed by atoms with E-state index in [4.69, 9.17) is 0 Å². The summed E-state index contributed by atoms with van der Waals surface area (Å²) in [6.07, 6.45) is 0.651. The van der Waals surface area contributed by atoms with Crippen LogP contribution < -0.4 is 16.3 Å². The molecule has 7 nitrogen and oxygen atoms in total. The quantitative estimate of drug-likeness (QED) is 0.692. The summed E-state index contributed by atoms with van der Waals surface area (Å²) in [5.74, 6) is -1.43. The summed E-state index contributed by atoms with van der Waals surface area (Å²) in [5, 5.41) is 5.17. The van der Waals surface area contributed by atoms with Crippen molar-refractivity contribution in [3.63, 3.8) is 0 Å². The summed E-state index contributed by atoms with van der Waals surface area (Å²) in [5.41, 5.74) is 2.83. The van der Waals surface area contributed by atoms with Gasteiger partial charge in [-0.15, -0.1) is 0 Å². The van der Waals surface area contributed by atoms with Crippen molar-refractivity contribution >= 4 is 28.5 Å². The molecule has 0 fully saturated rings. The van der Waals surface area contributed by atoms with Gasteiger partial charge in [-0.3, -0.25) is 18.7 Å². The van der Waals surface area contributed by atoms with Crippen LogP contribution in [0.3, 0.4) is 0 Å². The number of aromatic nitrogens is 2. The van der Waals surface area contributed by atoms with Crippen LogP contribution in [0.25, 0.3) is 11.0 Å². The highest BCUT2D eigenvalue weighted by Crippen LogP contribution is 2.17. The summed E-state index contributed by atoms with van der Waals surface area (Å²) in [7, 11) is 3.34. The molecule has 0 saturated heterocycles. The maximum absolute atomic E-state index is 12.1. The number of anilines is 1. The Balaban J connectivity index is 1.62. The van der Waals surface area contributed by atoms with Crippen LogP contribution in [0.5, 0.6) is 0 Å². The van der Waals surface area contributed by atoms with Crippen molar-refractivity contribution in [2.24, 2.45) is 14.1 Å². The maximum Gasteiger partial charge on any atom is 0.328 e. The third kappa shape index (κ3) is 3.51. The van der Waals surface area contributed by atoms with Gasteiger partial charge in [-0.1, -0.05) is 30.3 Å². The van der Waals surface area contributed by atoms with Crippen LogP contribution in [-0.4, -0.2) is 27.5 Å². The number of carbonyl (C=O) groups excluding carboxylic acids is 2. The molecule has 0 aliphatic heterocycles. The molecule has 26 heavy (non-hydrogen) atoms. The van der Waals surface area contributed by atoms with E-state index in [-0.39, 0.29) is 5.69 Å². The van der Waals surface area contributed by atoms with E-state index in [0.29, 0.717) is 24.2 Å². The van der Waals surface area contributed by atoms with Gasteiger partial charge in [-0.2, -0.15) is 0 Å². The standard InChI is InChI=1S/C19H20N4O3/c1-22-15-9-8-14(12-16(15)23(2)19(22)26)21-18(25)17(24)20-11-10-13-6-4-3-5-7-13/h3-9,12H,10-11H2,1-2H3,(H,20,24)(H,21,25). The van der Waals surface area contributed by atoms with Crippen molar-refractivity contribution in [1.29, 1.82) is 0 Å². The SMILES string of the molecule is Cn1c(=O)n(C)c2cc(NC(=O)C(=O)NCCc3ccccc3)ccc21. The zero-order chi connectivity index (χ0) is 18.7. The molecule has 7 heteroatoms. The summed E-state index contributed by atoms with van der Waals surface area (Å²) >= 11 is 0. The molecule has 2 amide bonds. The van der Waals surface area contributed by atoms with Crippen molar-refractivity contribution in [3.8, 4) is 0 Å². The molecule has 3 rings (SSSR count). The van der Waals surface area contributed by atoms with E-state index in [9.17, 15) is 14.4 Å². The number of amides is 2. The molecule has 0 aliphatic rings. The van der Waals surface area contributed by atoms with Crippen molar-refractivity contribution in [1.82, 2.24) is 14.5 Å². The van der Waals surface area contributed by atoms with Gasteiger partial charge < -0.3 is 10.6 Å². The zero-order valence-corrected chi connectivity index (χ0v) is 14.7. The average molecular weight is 352 g/mol. The minimum atomic E-state index is -0.738.